The number of aromatic nitrogens is 3. The molecule has 94 valence electrons. The Kier molecular flexibility index (Phi) is 3.57. The summed E-state index contributed by atoms with van der Waals surface area (Å²) in [6, 6.07) is 5.72. The minimum Gasteiger partial charge on any atom is -0.393 e. The van der Waals surface area contributed by atoms with Crippen molar-refractivity contribution in [3.63, 3.8) is 0 Å². The van der Waals surface area contributed by atoms with Crippen molar-refractivity contribution in [1.29, 1.82) is 0 Å². The molecule has 6 heteroatoms. The van der Waals surface area contributed by atoms with Crippen LogP contribution in [0.1, 0.15) is 12.6 Å². The molecule has 0 bridgehead atoms. The highest BCUT2D eigenvalue weighted by molar-refractivity contribution is 5.76. The van der Waals surface area contributed by atoms with Gasteiger partial charge in [0.05, 0.1) is 0 Å². The standard InChI is InChI=1S/C12H16N6/c1-3-14-11-10(13)12(16-7-15-11)18-9-6-4-5-8(2)17-9/h4-7H,3,13H2,1-2H3,(H2,14,15,16,17,18). The summed E-state index contributed by atoms with van der Waals surface area (Å²) in [5.41, 5.74) is 7.40. The Bertz CT molecular complexity index is 540. The zero-order valence-corrected chi connectivity index (χ0v) is 10.4. The number of anilines is 4. The predicted molar refractivity (Wildman–Crippen MR) is 72.9 cm³/mol. The van der Waals surface area contributed by atoms with Gasteiger partial charge in [-0.15, -0.1) is 0 Å². The van der Waals surface area contributed by atoms with Crippen LogP contribution in [0.2, 0.25) is 0 Å². The zero-order valence-electron chi connectivity index (χ0n) is 10.4. The highest BCUT2D eigenvalue weighted by Gasteiger charge is 2.07. The number of aryl methyl sites for hydroxylation is 1. The number of hydrogen-bond donors (Lipinski definition) is 3. The minimum absolute atomic E-state index is 0.489. The summed E-state index contributed by atoms with van der Waals surface area (Å²) < 4.78 is 0. The van der Waals surface area contributed by atoms with Crippen molar-refractivity contribution in [1.82, 2.24) is 15.0 Å². The largest absolute Gasteiger partial charge is 0.393 e. The lowest BCUT2D eigenvalue weighted by molar-refractivity contribution is 1.11. The van der Waals surface area contributed by atoms with Crippen LogP contribution in [0.15, 0.2) is 24.5 Å². The van der Waals surface area contributed by atoms with Crippen LogP contribution in [0.3, 0.4) is 0 Å². The predicted octanol–water partition coefficient (Wildman–Crippen LogP) is 1.94. The molecule has 0 spiro atoms. The van der Waals surface area contributed by atoms with Crippen LogP contribution in [-0.4, -0.2) is 21.5 Å². The summed E-state index contributed by atoms with van der Waals surface area (Å²) in [5.74, 6) is 1.89. The second-order valence-corrected chi connectivity index (χ2v) is 3.80. The maximum atomic E-state index is 5.98. The summed E-state index contributed by atoms with van der Waals surface area (Å²) >= 11 is 0. The van der Waals surface area contributed by atoms with Crippen LogP contribution < -0.4 is 16.4 Å². The molecule has 0 radical (unpaired) electrons. The van der Waals surface area contributed by atoms with Crippen LogP contribution in [0, 0.1) is 6.92 Å². The molecule has 0 unspecified atom stereocenters. The van der Waals surface area contributed by atoms with E-state index >= 15 is 0 Å². The van der Waals surface area contributed by atoms with Gasteiger partial charge in [0.1, 0.15) is 17.8 Å². The topological polar surface area (TPSA) is 88.8 Å². The van der Waals surface area contributed by atoms with Gasteiger partial charge in [-0.2, -0.15) is 0 Å². The van der Waals surface area contributed by atoms with E-state index in [1.165, 1.54) is 6.33 Å². The van der Waals surface area contributed by atoms with E-state index in [9.17, 15) is 0 Å². The molecule has 2 aromatic heterocycles. The van der Waals surface area contributed by atoms with E-state index in [2.05, 4.69) is 25.6 Å². The second kappa shape index (κ2) is 5.31. The van der Waals surface area contributed by atoms with Crippen molar-refractivity contribution in [2.75, 3.05) is 22.9 Å². The number of hydrogen-bond acceptors (Lipinski definition) is 6. The summed E-state index contributed by atoms with van der Waals surface area (Å²) in [5, 5.41) is 6.16. The third kappa shape index (κ3) is 2.65. The first-order valence-electron chi connectivity index (χ1n) is 5.75. The summed E-state index contributed by atoms with van der Waals surface area (Å²) in [6.45, 7) is 4.67. The van der Waals surface area contributed by atoms with Crippen LogP contribution in [0.4, 0.5) is 23.1 Å². The van der Waals surface area contributed by atoms with E-state index in [1.807, 2.05) is 32.0 Å². The van der Waals surface area contributed by atoms with Gasteiger partial charge in [0, 0.05) is 12.2 Å². The number of nitrogens with two attached hydrogens (primary N) is 1. The Labute approximate surface area is 106 Å². The molecule has 0 amide bonds. The molecule has 6 nitrogen and oxygen atoms in total. The Hall–Kier alpha value is -2.37. The van der Waals surface area contributed by atoms with Gasteiger partial charge in [0.25, 0.3) is 0 Å². The van der Waals surface area contributed by atoms with Gasteiger partial charge < -0.3 is 16.4 Å². The SMILES string of the molecule is CCNc1ncnc(Nc2cccc(C)n2)c1N. The van der Waals surface area contributed by atoms with Gasteiger partial charge in [-0.25, -0.2) is 15.0 Å². The molecular weight excluding hydrogens is 228 g/mol. The monoisotopic (exact) mass is 244 g/mol. The molecule has 18 heavy (non-hydrogen) atoms. The molecule has 0 saturated heterocycles. The lowest BCUT2D eigenvalue weighted by Gasteiger charge is -2.11. The highest BCUT2D eigenvalue weighted by Crippen LogP contribution is 2.24. The van der Waals surface area contributed by atoms with Crippen molar-refractivity contribution < 1.29 is 0 Å². The first kappa shape index (κ1) is 12.1. The fourth-order valence-electron chi connectivity index (χ4n) is 1.54. The molecule has 0 aliphatic rings. The van der Waals surface area contributed by atoms with Crippen molar-refractivity contribution >= 4 is 23.1 Å². The van der Waals surface area contributed by atoms with Gasteiger partial charge in [-0.3, -0.25) is 0 Å². The van der Waals surface area contributed by atoms with Gasteiger partial charge in [-0.05, 0) is 26.0 Å². The highest BCUT2D eigenvalue weighted by atomic mass is 15.1. The molecule has 0 aromatic carbocycles. The van der Waals surface area contributed by atoms with E-state index < -0.39 is 0 Å². The Balaban J connectivity index is 2.26. The average Bonchev–Trinajstić information content (AvgIpc) is 2.35. The first-order chi connectivity index (χ1) is 8.70. The van der Waals surface area contributed by atoms with Gasteiger partial charge in [0.2, 0.25) is 0 Å². The molecule has 0 aliphatic heterocycles. The number of nitrogens with one attached hydrogen (secondary N) is 2. The molecule has 2 heterocycles. The summed E-state index contributed by atoms with van der Waals surface area (Å²) in [6.07, 6.45) is 1.46. The summed E-state index contributed by atoms with van der Waals surface area (Å²) in [7, 11) is 0. The molecule has 2 aromatic rings. The normalized spacial score (nSPS) is 10.1. The fraction of sp³-hybridized carbons (Fsp3) is 0.250. The molecular formula is C12H16N6. The van der Waals surface area contributed by atoms with E-state index in [-0.39, 0.29) is 0 Å². The van der Waals surface area contributed by atoms with E-state index in [1.54, 1.807) is 0 Å². The van der Waals surface area contributed by atoms with Crippen LogP contribution in [0.5, 0.6) is 0 Å². The number of nitrogens with zero attached hydrogens (tertiary/aromatic N) is 3. The third-order valence-electron chi connectivity index (χ3n) is 2.36. The lowest BCUT2D eigenvalue weighted by Crippen LogP contribution is -2.08. The number of pyridine rings is 1. The maximum absolute atomic E-state index is 5.98. The quantitative estimate of drug-likeness (QED) is 0.761. The Morgan fingerprint density at radius 1 is 1.22 bits per heavy atom. The van der Waals surface area contributed by atoms with E-state index in [0.717, 1.165) is 12.2 Å². The van der Waals surface area contributed by atoms with Crippen LogP contribution in [0.25, 0.3) is 0 Å². The second-order valence-electron chi connectivity index (χ2n) is 3.80. The molecule has 4 N–H and O–H groups in total. The lowest BCUT2D eigenvalue weighted by atomic mass is 10.3. The number of nitrogen functional groups attached to an aromatic ring is 1. The molecule has 0 atom stereocenters. The van der Waals surface area contributed by atoms with E-state index in [4.69, 9.17) is 5.73 Å². The van der Waals surface area contributed by atoms with Crippen molar-refractivity contribution in [2.24, 2.45) is 0 Å². The first-order valence-corrected chi connectivity index (χ1v) is 5.75. The molecule has 0 aliphatic carbocycles. The van der Waals surface area contributed by atoms with Crippen molar-refractivity contribution in [3.8, 4) is 0 Å². The maximum Gasteiger partial charge on any atom is 0.160 e. The molecule has 0 fully saturated rings. The summed E-state index contributed by atoms with van der Waals surface area (Å²) in [4.78, 5) is 12.5. The average molecular weight is 244 g/mol. The smallest absolute Gasteiger partial charge is 0.160 e. The van der Waals surface area contributed by atoms with E-state index in [0.29, 0.717) is 23.1 Å². The van der Waals surface area contributed by atoms with Crippen LogP contribution in [-0.2, 0) is 0 Å². The van der Waals surface area contributed by atoms with Crippen molar-refractivity contribution in [3.05, 3.63) is 30.2 Å². The fourth-order valence-corrected chi connectivity index (χ4v) is 1.54. The van der Waals surface area contributed by atoms with Gasteiger partial charge >= 0.3 is 0 Å². The Morgan fingerprint density at radius 3 is 2.72 bits per heavy atom. The van der Waals surface area contributed by atoms with Crippen LogP contribution >= 0.6 is 0 Å². The number of rotatable bonds is 4. The minimum atomic E-state index is 0.489. The zero-order chi connectivity index (χ0) is 13.0. The molecule has 0 saturated carbocycles. The van der Waals surface area contributed by atoms with Gasteiger partial charge in [-0.1, -0.05) is 6.07 Å². The van der Waals surface area contributed by atoms with Crippen molar-refractivity contribution in [2.45, 2.75) is 13.8 Å². The Morgan fingerprint density at radius 2 is 2.00 bits per heavy atom. The molecule has 2 rings (SSSR count). The van der Waals surface area contributed by atoms with Gasteiger partial charge in [0.15, 0.2) is 11.6 Å². The third-order valence-corrected chi connectivity index (χ3v) is 2.36.